The number of ether oxygens (including phenoxy) is 1. The molecule has 2 aliphatic rings. The lowest BCUT2D eigenvalue weighted by Crippen LogP contribution is -2.59. The Morgan fingerprint density at radius 3 is 2.30 bits per heavy atom. The number of nitrogens with one attached hydrogen (secondary N) is 1. The van der Waals surface area contributed by atoms with Crippen molar-refractivity contribution in [1.29, 1.82) is 0 Å². The van der Waals surface area contributed by atoms with Gasteiger partial charge in [-0.2, -0.15) is 13.2 Å². The largest absolute Gasteiger partial charge is 0.430 e. The van der Waals surface area contributed by atoms with Crippen LogP contribution in [0.4, 0.5) is 13.2 Å². The Morgan fingerprint density at radius 2 is 1.70 bits per heavy atom. The fourth-order valence-corrected chi connectivity index (χ4v) is 5.82. The molecule has 2 aromatic carbocycles. The minimum atomic E-state index is -4.90. The monoisotopic (exact) mass is 480 g/mol. The highest BCUT2D eigenvalue weighted by Crippen LogP contribution is 2.51. The summed E-state index contributed by atoms with van der Waals surface area (Å²) in [5.41, 5.74) is -2.29. The highest BCUT2D eigenvalue weighted by molar-refractivity contribution is 6.31. The molecule has 2 atom stereocenters. The van der Waals surface area contributed by atoms with Crippen LogP contribution < -0.4 is 5.32 Å². The van der Waals surface area contributed by atoms with Gasteiger partial charge >= 0.3 is 6.18 Å². The lowest BCUT2D eigenvalue weighted by atomic mass is 9.62. The number of amides is 1. The van der Waals surface area contributed by atoms with Crippen LogP contribution in [0.3, 0.4) is 0 Å². The summed E-state index contributed by atoms with van der Waals surface area (Å²) in [5, 5.41) is 4.13. The number of nitrogens with zero attached hydrogens (tertiary/aromatic N) is 1. The van der Waals surface area contributed by atoms with Crippen LogP contribution in [0.1, 0.15) is 36.3 Å². The molecule has 0 radical (unpaired) electrons. The number of benzene rings is 2. The number of rotatable bonds is 4. The van der Waals surface area contributed by atoms with Crippen LogP contribution in [-0.2, 0) is 15.1 Å². The average Bonchev–Trinajstić information content (AvgIpc) is 2.81. The summed E-state index contributed by atoms with van der Waals surface area (Å²) in [4.78, 5) is 14.7. The lowest BCUT2D eigenvalue weighted by molar-refractivity contribution is -0.271. The molecule has 0 unspecified atom stereocenters. The van der Waals surface area contributed by atoms with E-state index in [0.717, 1.165) is 32.2 Å². The molecule has 4 nitrogen and oxygen atoms in total. The van der Waals surface area contributed by atoms with E-state index < -0.39 is 17.7 Å². The number of hydrogen-bond donors (Lipinski definition) is 1. The van der Waals surface area contributed by atoms with Crippen LogP contribution in [0.5, 0.6) is 0 Å². The third-order valence-corrected chi connectivity index (χ3v) is 7.75. The first-order valence-electron chi connectivity index (χ1n) is 11.2. The highest BCUT2D eigenvalue weighted by Gasteiger charge is 2.64. The third kappa shape index (κ3) is 4.15. The molecule has 0 aromatic heterocycles. The SMILES string of the molecule is CO[C@@](C(=O)N1CCC2(CCNC[C@@H]2c2ccccc2Cl)CC1)(c1ccccc1)C(F)(F)F. The Morgan fingerprint density at radius 1 is 1.06 bits per heavy atom. The van der Waals surface area contributed by atoms with Gasteiger partial charge in [0.25, 0.3) is 11.5 Å². The van der Waals surface area contributed by atoms with Crippen molar-refractivity contribution in [3.05, 3.63) is 70.7 Å². The van der Waals surface area contributed by atoms with Crippen LogP contribution in [-0.4, -0.2) is 50.3 Å². The van der Waals surface area contributed by atoms with Gasteiger partial charge in [0.05, 0.1) is 0 Å². The molecule has 2 heterocycles. The third-order valence-electron chi connectivity index (χ3n) is 7.40. The number of methoxy groups -OCH3 is 1. The Bertz CT molecular complexity index is 977. The van der Waals surface area contributed by atoms with Gasteiger partial charge in [0.2, 0.25) is 0 Å². The molecule has 1 amide bonds. The van der Waals surface area contributed by atoms with Crippen LogP contribution in [0.15, 0.2) is 54.6 Å². The van der Waals surface area contributed by atoms with Crippen molar-refractivity contribution in [3.8, 4) is 0 Å². The molecule has 0 saturated carbocycles. The van der Waals surface area contributed by atoms with Crippen molar-refractivity contribution < 1.29 is 22.7 Å². The zero-order chi connectivity index (χ0) is 23.7. The Balaban J connectivity index is 1.61. The molecule has 2 saturated heterocycles. The molecule has 1 spiro atoms. The van der Waals surface area contributed by atoms with Gasteiger partial charge in [0, 0.05) is 43.2 Å². The second kappa shape index (κ2) is 9.28. The van der Waals surface area contributed by atoms with Crippen LogP contribution in [0.2, 0.25) is 5.02 Å². The number of piperidine rings is 2. The Kier molecular flexibility index (Phi) is 6.76. The van der Waals surface area contributed by atoms with Crippen molar-refractivity contribution in [2.24, 2.45) is 5.41 Å². The van der Waals surface area contributed by atoms with E-state index in [0.29, 0.717) is 17.9 Å². The normalized spacial score (nSPS) is 22.7. The minimum absolute atomic E-state index is 0.117. The van der Waals surface area contributed by atoms with Crippen LogP contribution >= 0.6 is 11.6 Å². The molecule has 1 N–H and O–H groups in total. The van der Waals surface area contributed by atoms with E-state index in [2.05, 4.69) is 5.32 Å². The van der Waals surface area contributed by atoms with Gasteiger partial charge in [0.15, 0.2) is 0 Å². The zero-order valence-electron chi connectivity index (χ0n) is 18.5. The van der Waals surface area contributed by atoms with Gasteiger partial charge in [-0.25, -0.2) is 0 Å². The van der Waals surface area contributed by atoms with Gasteiger partial charge in [0.1, 0.15) is 0 Å². The molecule has 2 aromatic rings. The first kappa shape index (κ1) is 24.0. The fourth-order valence-electron chi connectivity index (χ4n) is 5.55. The quantitative estimate of drug-likeness (QED) is 0.659. The molecule has 2 aliphatic heterocycles. The summed E-state index contributed by atoms with van der Waals surface area (Å²) in [6.45, 7) is 2.08. The first-order valence-corrected chi connectivity index (χ1v) is 11.5. The zero-order valence-corrected chi connectivity index (χ0v) is 19.3. The second-order valence-electron chi connectivity index (χ2n) is 8.93. The summed E-state index contributed by atoms with van der Waals surface area (Å²) in [6, 6.07) is 14.9. The maximum atomic E-state index is 14.3. The summed E-state index contributed by atoms with van der Waals surface area (Å²) in [5.74, 6) is -0.914. The first-order chi connectivity index (χ1) is 15.7. The second-order valence-corrected chi connectivity index (χ2v) is 9.34. The van der Waals surface area contributed by atoms with E-state index in [1.807, 2.05) is 24.3 Å². The molecule has 2 fully saturated rings. The summed E-state index contributed by atoms with van der Waals surface area (Å²) >= 11 is 6.50. The van der Waals surface area contributed by atoms with E-state index >= 15 is 0 Å². The predicted molar refractivity (Wildman–Crippen MR) is 121 cm³/mol. The van der Waals surface area contributed by atoms with E-state index in [1.165, 1.54) is 29.2 Å². The van der Waals surface area contributed by atoms with Crippen molar-refractivity contribution in [1.82, 2.24) is 10.2 Å². The topological polar surface area (TPSA) is 41.6 Å². The van der Waals surface area contributed by atoms with Crippen molar-refractivity contribution in [2.45, 2.75) is 37.0 Å². The van der Waals surface area contributed by atoms with Gasteiger partial charge in [-0.1, -0.05) is 60.1 Å². The number of carbonyl (C=O) groups is 1. The molecule has 0 aliphatic carbocycles. The lowest BCUT2D eigenvalue weighted by Gasteiger charge is -2.51. The maximum absolute atomic E-state index is 14.3. The smallest absolute Gasteiger partial charge is 0.356 e. The molecular formula is C25H28ClF3N2O2. The van der Waals surface area contributed by atoms with Gasteiger partial charge in [-0.15, -0.1) is 0 Å². The average molecular weight is 481 g/mol. The Hall–Kier alpha value is -2.09. The Labute approximate surface area is 197 Å². The number of hydrogen-bond acceptors (Lipinski definition) is 3. The van der Waals surface area contributed by atoms with Crippen LogP contribution in [0.25, 0.3) is 0 Å². The minimum Gasteiger partial charge on any atom is -0.356 e. The van der Waals surface area contributed by atoms with E-state index in [1.54, 1.807) is 6.07 Å². The van der Waals surface area contributed by atoms with E-state index in [-0.39, 0.29) is 30.0 Å². The van der Waals surface area contributed by atoms with Crippen LogP contribution in [0, 0.1) is 5.41 Å². The molecule has 33 heavy (non-hydrogen) atoms. The number of halogens is 4. The van der Waals surface area contributed by atoms with Crippen molar-refractivity contribution in [3.63, 3.8) is 0 Å². The van der Waals surface area contributed by atoms with Gasteiger partial charge in [-0.3, -0.25) is 4.79 Å². The number of likely N-dealkylation sites (tertiary alicyclic amines) is 1. The predicted octanol–water partition coefficient (Wildman–Crippen LogP) is 5.13. The van der Waals surface area contributed by atoms with Gasteiger partial charge < -0.3 is 15.0 Å². The molecule has 178 valence electrons. The molecule has 8 heteroatoms. The number of alkyl halides is 3. The molecule has 4 rings (SSSR count). The van der Waals surface area contributed by atoms with Gasteiger partial charge in [-0.05, 0) is 42.9 Å². The maximum Gasteiger partial charge on any atom is 0.430 e. The molecular weight excluding hydrogens is 453 g/mol. The highest BCUT2D eigenvalue weighted by atomic mass is 35.5. The summed E-state index contributed by atoms with van der Waals surface area (Å²) < 4.78 is 48.0. The standard InChI is InChI=1S/C25H28ClF3N2O2/c1-33-24(25(27,28)29,18-7-3-2-4-8-18)22(32)31-15-12-23(13-16-31)11-14-30-17-20(23)19-9-5-6-10-21(19)26/h2-10,20,30H,11-17H2,1H3/t20-,24-/m1/s1. The van der Waals surface area contributed by atoms with E-state index in [9.17, 15) is 18.0 Å². The number of carbonyl (C=O) groups excluding carboxylic acids is 1. The summed E-state index contributed by atoms with van der Waals surface area (Å²) in [6.07, 6.45) is -2.78. The fraction of sp³-hybridized carbons (Fsp3) is 0.480. The summed E-state index contributed by atoms with van der Waals surface area (Å²) in [7, 11) is 0.948. The van der Waals surface area contributed by atoms with Crippen molar-refractivity contribution >= 4 is 17.5 Å². The molecule has 0 bridgehead atoms. The van der Waals surface area contributed by atoms with Crippen molar-refractivity contribution in [2.75, 3.05) is 33.3 Å². The van der Waals surface area contributed by atoms with E-state index in [4.69, 9.17) is 16.3 Å².